The lowest BCUT2D eigenvalue weighted by Crippen LogP contribution is -2.48. The number of anilines is 1. The number of hydrogen-bond donors (Lipinski definition) is 0. The molecule has 1 atom stereocenters. The van der Waals surface area contributed by atoms with Crippen molar-refractivity contribution < 1.29 is 14.3 Å². The quantitative estimate of drug-likeness (QED) is 0.786. The number of carbonyl (C=O) groups excluding carboxylic acids is 2. The Kier molecular flexibility index (Phi) is 4.77. The SMILES string of the molecule is COC(=O)C1CCCCN1C(=O)c1ccc(N(C)C)nc1. The van der Waals surface area contributed by atoms with Crippen molar-refractivity contribution in [1.29, 1.82) is 0 Å². The van der Waals surface area contributed by atoms with E-state index in [4.69, 9.17) is 4.74 Å². The van der Waals surface area contributed by atoms with Crippen molar-refractivity contribution in [2.75, 3.05) is 32.6 Å². The molecule has 0 bridgehead atoms. The van der Waals surface area contributed by atoms with Crippen molar-refractivity contribution >= 4 is 17.7 Å². The summed E-state index contributed by atoms with van der Waals surface area (Å²) in [5, 5.41) is 0. The van der Waals surface area contributed by atoms with Crippen LogP contribution in [0.25, 0.3) is 0 Å². The van der Waals surface area contributed by atoms with Crippen molar-refractivity contribution in [2.45, 2.75) is 25.3 Å². The van der Waals surface area contributed by atoms with E-state index in [9.17, 15) is 9.59 Å². The highest BCUT2D eigenvalue weighted by Crippen LogP contribution is 2.21. The number of nitrogens with zero attached hydrogens (tertiary/aromatic N) is 3. The topological polar surface area (TPSA) is 62.7 Å². The molecule has 1 aliphatic rings. The normalized spacial score (nSPS) is 18.2. The van der Waals surface area contributed by atoms with E-state index in [2.05, 4.69) is 4.98 Å². The van der Waals surface area contributed by atoms with Crippen LogP contribution in [0.15, 0.2) is 18.3 Å². The van der Waals surface area contributed by atoms with Crippen LogP contribution >= 0.6 is 0 Å². The third-order valence-corrected chi connectivity index (χ3v) is 3.69. The van der Waals surface area contributed by atoms with Gasteiger partial charge in [0.1, 0.15) is 11.9 Å². The zero-order valence-electron chi connectivity index (χ0n) is 12.7. The average Bonchev–Trinajstić information content (AvgIpc) is 2.53. The molecule has 0 aromatic carbocycles. The molecule has 2 rings (SSSR count). The molecule has 1 fully saturated rings. The monoisotopic (exact) mass is 291 g/mol. The minimum atomic E-state index is -0.482. The number of aromatic nitrogens is 1. The van der Waals surface area contributed by atoms with Crippen LogP contribution < -0.4 is 4.90 Å². The summed E-state index contributed by atoms with van der Waals surface area (Å²) in [5.74, 6) is 0.276. The molecule has 1 aromatic rings. The maximum Gasteiger partial charge on any atom is 0.328 e. The van der Waals surface area contributed by atoms with Gasteiger partial charge in [0, 0.05) is 26.8 Å². The second-order valence-corrected chi connectivity index (χ2v) is 5.33. The molecular formula is C15H21N3O3. The molecule has 1 aliphatic heterocycles. The van der Waals surface area contributed by atoms with E-state index in [1.54, 1.807) is 23.2 Å². The Morgan fingerprint density at radius 3 is 2.67 bits per heavy atom. The summed E-state index contributed by atoms with van der Waals surface area (Å²) in [6.45, 7) is 0.577. The van der Waals surface area contributed by atoms with Crippen LogP contribution in [0.4, 0.5) is 5.82 Å². The minimum absolute atomic E-state index is 0.164. The van der Waals surface area contributed by atoms with E-state index in [1.165, 1.54) is 7.11 Å². The van der Waals surface area contributed by atoms with Gasteiger partial charge in [0.2, 0.25) is 0 Å². The number of piperidine rings is 1. The smallest absolute Gasteiger partial charge is 0.328 e. The molecule has 1 unspecified atom stereocenters. The largest absolute Gasteiger partial charge is 0.467 e. The Labute approximate surface area is 124 Å². The first-order valence-corrected chi connectivity index (χ1v) is 7.06. The van der Waals surface area contributed by atoms with Gasteiger partial charge in [-0.05, 0) is 31.4 Å². The zero-order valence-corrected chi connectivity index (χ0v) is 12.7. The lowest BCUT2D eigenvalue weighted by atomic mass is 10.0. The van der Waals surface area contributed by atoms with Crippen molar-refractivity contribution in [3.8, 4) is 0 Å². The Hall–Kier alpha value is -2.11. The van der Waals surface area contributed by atoms with Crippen LogP contribution in [0.2, 0.25) is 0 Å². The number of pyridine rings is 1. The van der Waals surface area contributed by atoms with Gasteiger partial charge in [0.25, 0.3) is 5.91 Å². The van der Waals surface area contributed by atoms with E-state index in [-0.39, 0.29) is 11.9 Å². The molecule has 0 saturated carbocycles. The fraction of sp³-hybridized carbons (Fsp3) is 0.533. The van der Waals surface area contributed by atoms with Crippen molar-refractivity contribution in [1.82, 2.24) is 9.88 Å². The maximum atomic E-state index is 12.6. The summed E-state index contributed by atoms with van der Waals surface area (Å²) in [7, 11) is 5.14. The van der Waals surface area contributed by atoms with E-state index < -0.39 is 6.04 Å². The van der Waals surface area contributed by atoms with Gasteiger partial charge in [-0.2, -0.15) is 0 Å². The molecule has 0 aliphatic carbocycles. The molecule has 2 heterocycles. The third-order valence-electron chi connectivity index (χ3n) is 3.69. The van der Waals surface area contributed by atoms with Crippen molar-refractivity contribution in [2.24, 2.45) is 0 Å². The fourth-order valence-electron chi connectivity index (χ4n) is 2.50. The second-order valence-electron chi connectivity index (χ2n) is 5.33. The van der Waals surface area contributed by atoms with Gasteiger partial charge in [-0.25, -0.2) is 9.78 Å². The molecule has 114 valence electrons. The highest BCUT2D eigenvalue weighted by atomic mass is 16.5. The minimum Gasteiger partial charge on any atom is -0.467 e. The Balaban J connectivity index is 2.18. The van der Waals surface area contributed by atoms with Crippen LogP contribution in [-0.2, 0) is 9.53 Å². The van der Waals surface area contributed by atoms with Gasteiger partial charge in [0.05, 0.1) is 12.7 Å². The molecule has 1 aromatic heterocycles. The maximum absolute atomic E-state index is 12.6. The summed E-state index contributed by atoms with van der Waals surface area (Å²) in [5.41, 5.74) is 0.497. The molecular weight excluding hydrogens is 270 g/mol. The average molecular weight is 291 g/mol. The molecule has 21 heavy (non-hydrogen) atoms. The van der Waals surface area contributed by atoms with E-state index >= 15 is 0 Å². The van der Waals surface area contributed by atoms with Gasteiger partial charge >= 0.3 is 5.97 Å². The highest BCUT2D eigenvalue weighted by molar-refractivity contribution is 5.96. The molecule has 6 heteroatoms. The number of carbonyl (C=O) groups is 2. The Morgan fingerprint density at radius 1 is 1.33 bits per heavy atom. The first kappa shape index (κ1) is 15.3. The van der Waals surface area contributed by atoms with E-state index in [0.717, 1.165) is 18.7 Å². The van der Waals surface area contributed by atoms with Crippen LogP contribution in [-0.4, -0.2) is 55.6 Å². The van der Waals surface area contributed by atoms with Crippen LogP contribution in [0, 0.1) is 0 Å². The van der Waals surface area contributed by atoms with Gasteiger partial charge in [-0.15, -0.1) is 0 Å². The molecule has 0 spiro atoms. The summed E-state index contributed by atoms with van der Waals surface area (Å²) in [6.07, 6.45) is 4.05. The van der Waals surface area contributed by atoms with Gasteiger partial charge in [0.15, 0.2) is 0 Å². The standard InChI is InChI=1S/C15H21N3O3/c1-17(2)13-8-7-11(10-16-13)14(19)18-9-5-4-6-12(18)15(20)21-3/h7-8,10,12H,4-6,9H2,1-3H3. The number of hydrogen-bond acceptors (Lipinski definition) is 5. The first-order chi connectivity index (χ1) is 10.0. The van der Waals surface area contributed by atoms with E-state index in [0.29, 0.717) is 18.5 Å². The number of esters is 1. The number of likely N-dealkylation sites (tertiary alicyclic amines) is 1. The lowest BCUT2D eigenvalue weighted by Gasteiger charge is -2.33. The summed E-state index contributed by atoms with van der Waals surface area (Å²) in [4.78, 5) is 32.1. The first-order valence-electron chi connectivity index (χ1n) is 7.06. The van der Waals surface area contributed by atoms with Crippen molar-refractivity contribution in [3.05, 3.63) is 23.9 Å². The lowest BCUT2D eigenvalue weighted by molar-refractivity contribution is -0.147. The number of amides is 1. The second kappa shape index (κ2) is 6.56. The van der Waals surface area contributed by atoms with Crippen molar-refractivity contribution in [3.63, 3.8) is 0 Å². The van der Waals surface area contributed by atoms with Crippen LogP contribution in [0.5, 0.6) is 0 Å². The van der Waals surface area contributed by atoms with E-state index in [1.807, 2.05) is 19.0 Å². The van der Waals surface area contributed by atoms with Gasteiger partial charge in [-0.3, -0.25) is 4.79 Å². The van der Waals surface area contributed by atoms with Gasteiger partial charge < -0.3 is 14.5 Å². The molecule has 0 radical (unpaired) electrons. The molecule has 0 N–H and O–H groups in total. The number of rotatable bonds is 3. The Morgan fingerprint density at radius 2 is 2.10 bits per heavy atom. The molecule has 1 amide bonds. The third kappa shape index (κ3) is 3.32. The predicted molar refractivity (Wildman–Crippen MR) is 79.3 cm³/mol. The molecule has 1 saturated heterocycles. The van der Waals surface area contributed by atoms with Crippen LogP contribution in [0.1, 0.15) is 29.6 Å². The Bertz CT molecular complexity index is 513. The zero-order chi connectivity index (χ0) is 15.4. The number of ether oxygens (including phenoxy) is 1. The summed E-state index contributed by atoms with van der Waals surface area (Å²) < 4.78 is 4.80. The summed E-state index contributed by atoms with van der Waals surface area (Å²) >= 11 is 0. The summed E-state index contributed by atoms with van der Waals surface area (Å²) in [6, 6.07) is 3.06. The highest BCUT2D eigenvalue weighted by Gasteiger charge is 2.33. The predicted octanol–water partition coefficient (Wildman–Crippen LogP) is 1.32. The number of methoxy groups -OCH3 is 1. The van der Waals surface area contributed by atoms with Gasteiger partial charge in [-0.1, -0.05) is 0 Å². The van der Waals surface area contributed by atoms with Crippen LogP contribution in [0.3, 0.4) is 0 Å². The fourth-order valence-corrected chi connectivity index (χ4v) is 2.50. The molecule has 6 nitrogen and oxygen atoms in total.